The number of carbonyl (C=O) groups excluding carboxylic acids is 1. The lowest BCUT2D eigenvalue weighted by Crippen LogP contribution is -2.51. The highest BCUT2D eigenvalue weighted by Crippen LogP contribution is 2.21. The van der Waals surface area contributed by atoms with Crippen LogP contribution in [0.4, 0.5) is 13.6 Å². The van der Waals surface area contributed by atoms with Gasteiger partial charge in [-0.25, -0.2) is 13.6 Å². The Morgan fingerprint density at radius 2 is 2.30 bits per heavy atom. The van der Waals surface area contributed by atoms with Crippen molar-refractivity contribution in [2.24, 2.45) is 0 Å². The fraction of sp³-hybridized carbons (Fsp3) is 0.562. The number of halogens is 2. The molecule has 0 saturated carbocycles. The minimum Gasteiger partial charge on any atom is -0.382 e. The molecule has 1 aromatic rings. The lowest BCUT2D eigenvalue weighted by Gasteiger charge is -2.33. The molecular weight excluding hydrogens is 306 g/mol. The third-order valence-electron chi connectivity index (χ3n) is 3.82. The first-order chi connectivity index (χ1) is 11.0. The molecule has 2 rings (SSSR count). The molecule has 2 amide bonds. The van der Waals surface area contributed by atoms with E-state index in [0.717, 1.165) is 6.07 Å². The second-order valence-electron chi connectivity index (χ2n) is 5.47. The van der Waals surface area contributed by atoms with Crippen LogP contribution in [0.5, 0.6) is 0 Å². The molecule has 1 N–H and O–H groups in total. The van der Waals surface area contributed by atoms with Crippen molar-refractivity contribution in [2.75, 3.05) is 33.4 Å². The number of morpholine rings is 1. The smallest absolute Gasteiger partial charge is 0.318 e. The Morgan fingerprint density at radius 1 is 1.52 bits per heavy atom. The van der Waals surface area contributed by atoms with Crippen LogP contribution in [-0.2, 0) is 9.47 Å². The summed E-state index contributed by atoms with van der Waals surface area (Å²) in [7, 11) is 1.58. The molecule has 0 bridgehead atoms. The standard InChI is InChI=1S/C16H22F2N2O3/c1-3-15(13-5-4-11(17)8-14(13)18)19-16(21)20-6-7-23-12(9-20)10-22-2/h4-5,8,12,15H,3,6-7,9-10H2,1-2H3,(H,19,21). The first-order valence-electron chi connectivity index (χ1n) is 7.66. The Labute approximate surface area is 134 Å². The molecule has 1 fully saturated rings. The van der Waals surface area contributed by atoms with Crippen molar-refractivity contribution < 1.29 is 23.0 Å². The zero-order valence-corrected chi connectivity index (χ0v) is 13.4. The van der Waals surface area contributed by atoms with E-state index in [2.05, 4.69) is 5.32 Å². The van der Waals surface area contributed by atoms with Crippen molar-refractivity contribution in [1.29, 1.82) is 0 Å². The van der Waals surface area contributed by atoms with Crippen LogP contribution in [0.1, 0.15) is 24.9 Å². The van der Waals surface area contributed by atoms with Gasteiger partial charge in [-0.2, -0.15) is 0 Å². The predicted octanol–water partition coefficient (Wildman–Crippen LogP) is 2.47. The van der Waals surface area contributed by atoms with Gasteiger partial charge in [-0.05, 0) is 12.5 Å². The maximum Gasteiger partial charge on any atom is 0.318 e. The molecule has 5 nitrogen and oxygen atoms in total. The average molecular weight is 328 g/mol. The zero-order chi connectivity index (χ0) is 16.8. The highest BCUT2D eigenvalue weighted by atomic mass is 19.1. The number of hydrogen-bond acceptors (Lipinski definition) is 3. The first kappa shape index (κ1) is 17.6. The minimum absolute atomic E-state index is 0.165. The number of methoxy groups -OCH3 is 1. The summed E-state index contributed by atoms with van der Waals surface area (Å²) in [4.78, 5) is 14.0. The van der Waals surface area contributed by atoms with E-state index >= 15 is 0 Å². The summed E-state index contributed by atoms with van der Waals surface area (Å²) in [5, 5.41) is 2.80. The summed E-state index contributed by atoms with van der Waals surface area (Å²) >= 11 is 0. The van der Waals surface area contributed by atoms with Gasteiger partial charge in [-0.15, -0.1) is 0 Å². The van der Waals surface area contributed by atoms with Gasteiger partial charge >= 0.3 is 6.03 Å². The molecule has 1 aliphatic heterocycles. The van der Waals surface area contributed by atoms with Crippen molar-refractivity contribution in [2.45, 2.75) is 25.5 Å². The Morgan fingerprint density at radius 3 is 2.96 bits per heavy atom. The van der Waals surface area contributed by atoms with Crippen LogP contribution in [0.15, 0.2) is 18.2 Å². The zero-order valence-electron chi connectivity index (χ0n) is 13.4. The molecule has 7 heteroatoms. The molecular formula is C16H22F2N2O3. The van der Waals surface area contributed by atoms with Crippen molar-refractivity contribution in [3.8, 4) is 0 Å². The van der Waals surface area contributed by atoms with Crippen LogP contribution in [0.2, 0.25) is 0 Å². The van der Waals surface area contributed by atoms with Crippen LogP contribution in [0.25, 0.3) is 0 Å². The third kappa shape index (κ3) is 4.62. The lowest BCUT2D eigenvalue weighted by molar-refractivity contribution is -0.0496. The maximum atomic E-state index is 13.9. The van der Waals surface area contributed by atoms with Gasteiger partial charge in [0.2, 0.25) is 0 Å². The molecule has 0 spiro atoms. The van der Waals surface area contributed by atoms with E-state index < -0.39 is 17.7 Å². The fourth-order valence-electron chi connectivity index (χ4n) is 2.61. The van der Waals surface area contributed by atoms with Crippen molar-refractivity contribution in [3.05, 3.63) is 35.4 Å². The van der Waals surface area contributed by atoms with E-state index in [1.807, 2.05) is 6.92 Å². The number of nitrogens with one attached hydrogen (secondary N) is 1. The second-order valence-corrected chi connectivity index (χ2v) is 5.47. The summed E-state index contributed by atoms with van der Waals surface area (Å²) in [6.45, 7) is 3.56. The Hall–Kier alpha value is -1.73. The van der Waals surface area contributed by atoms with E-state index in [-0.39, 0.29) is 17.7 Å². The van der Waals surface area contributed by atoms with Gasteiger partial charge in [0.1, 0.15) is 11.6 Å². The normalized spacial score (nSPS) is 19.5. The van der Waals surface area contributed by atoms with E-state index in [1.54, 1.807) is 12.0 Å². The summed E-state index contributed by atoms with van der Waals surface area (Å²) in [6.07, 6.45) is 0.335. The third-order valence-corrected chi connectivity index (χ3v) is 3.82. The van der Waals surface area contributed by atoms with Crippen molar-refractivity contribution in [1.82, 2.24) is 10.2 Å². The molecule has 1 aromatic carbocycles. The van der Waals surface area contributed by atoms with Gasteiger partial charge < -0.3 is 19.7 Å². The van der Waals surface area contributed by atoms with E-state index in [1.165, 1.54) is 12.1 Å². The van der Waals surface area contributed by atoms with Gasteiger partial charge in [0.25, 0.3) is 0 Å². The highest BCUT2D eigenvalue weighted by molar-refractivity contribution is 5.75. The quantitative estimate of drug-likeness (QED) is 0.903. The summed E-state index contributed by atoms with van der Waals surface area (Å²) in [6, 6.07) is 2.59. The predicted molar refractivity (Wildman–Crippen MR) is 81.1 cm³/mol. The number of hydrogen-bond donors (Lipinski definition) is 1. The van der Waals surface area contributed by atoms with Gasteiger partial charge in [-0.1, -0.05) is 13.0 Å². The van der Waals surface area contributed by atoms with Crippen molar-refractivity contribution >= 4 is 6.03 Å². The molecule has 2 unspecified atom stereocenters. The van der Waals surface area contributed by atoms with Gasteiger partial charge in [-0.3, -0.25) is 0 Å². The van der Waals surface area contributed by atoms with E-state index in [4.69, 9.17) is 9.47 Å². The number of urea groups is 1. The van der Waals surface area contributed by atoms with Crippen LogP contribution in [0.3, 0.4) is 0 Å². The summed E-state index contributed by atoms with van der Waals surface area (Å²) in [5.41, 5.74) is 0.281. The molecule has 0 aliphatic carbocycles. The topological polar surface area (TPSA) is 50.8 Å². The number of amides is 2. The van der Waals surface area contributed by atoms with Crippen molar-refractivity contribution in [3.63, 3.8) is 0 Å². The van der Waals surface area contributed by atoms with Crippen LogP contribution < -0.4 is 5.32 Å². The number of rotatable bonds is 5. The molecule has 1 heterocycles. The molecule has 23 heavy (non-hydrogen) atoms. The summed E-state index contributed by atoms with van der Waals surface area (Å²) < 4.78 is 37.5. The molecule has 1 saturated heterocycles. The van der Waals surface area contributed by atoms with Gasteiger partial charge in [0.05, 0.1) is 31.9 Å². The number of ether oxygens (including phenoxy) is 2. The number of carbonyl (C=O) groups is 1. The molecule has 1 aliphatic rings. The Kier molecular flexibility index (Phi) is 6.29. The van der Waals surface area contributed by atoms with Crippen LogP contribution in [0, 0.1) is 11.6 Å². The summed E-state index contributed by atoms with van der Waals surface area (Å²) in [5.74, 6) is -1.29. The van der Waals surface area contributed by atoms with E-state index in [0.29, 0.717) is 32.7 Å². The molecule has 0 aromatic heterocycles. The number of benzene rings is 1. The Balaban J connectivity index is 2.01. The fourth-order valence-corrected chi connectivity index (χ4v) is 2.61. The highest BCUT2D eigenvalue weighted by Gasteiger charge is 2.26. The molecule has 0 radical (unpaired) electrons. The SMILES string of the molecule is CCC(NC(=O)N1CCOC(COC)C1)c1ccc(F)cc1F. The monoisotopic (exact) mass is 328 g/mol. The van der Waals surface area contributed by atoms with Gasteiger partial charge in [0.15, 0.2) is 0 Å². The first-order valence-corrected chi connectivity index (χ1v) is 7.66. The van der Waals surface area contributed by atoms with Crippen LogP contribution in [-0.4, -0.2) is 50.4 Å². The molecule has 2 atom stereocenters. The lowest BCUT2D eigenvalue weighted by atomic mass is 10.0. The minimum atomic E-state index is -0.656. The maximum absolute atomic E-state index is 13.9. The van der Waals surface area contributed by atoms with Gasteiger partial charge in [0, 0.05) is 25.3 Å². The van der Waals surface area contributed by atoms with Crippen LogP contribution >= 0.6 is 0 Å². The molecule has 128 valence electrons. The average Bonchev–Trinajstić information content (AvgIpc) is 2.53. The van der Waals surface area contributed by atoms with E-state index in [9.17, 15) is 13.6 Å². The largest absolute Gasteiger partial charge is 0.382 e. The Bertz CT molecular complexity index is 540. The number of nitrogens with zero attached hydrogens (tertiary/aromatic N) is 1. The second kappa shape index (κ2) is 8.21.